The van der Waals surface area contributed by atoms with Crippen molar-refractivity contribution in [3.05, 3.63) is 12.4 Å². The molecule has 2 fully saturated rings. The molecule has 3 rings (SSSR count). The number of piperidine rings is 1. The van der Waals surface area contributed by atoms with Crippen molar-refractivity contribution in [1.82, 2.24) is 19.9 Å². The van der Waals surface area contributed by atoms with Crippen LogP contribution >= 0.6 is 0 Å². The quantitative estimate of drug-likeness (QED) is 0.867. The SMILES string of the molecule is O=C(O)CC1CC2CCC(C1)N2C(=O)Cn1ccnn1. The van der Waals surface area contributed by atoms with Gasteiger partial charge in [-0.25, -0.2) is 4.68 Å². The summed E-state index contributed by atoms with van der Waals surface area (Å²) in [7, 11) is 0. The first-order chi connectivity index (χ1) is 9.63. The summed E-state index contributed by atoms with van der Waals surface area (Å²) < 4.78 is 1.53. The molecule has 2 aliphatic rings. The minimum Gasteiger partial charge on any atom is -0.481 e. The van der Waals surface area contributed by atoms with Crippen molar-refractivity contribution in [3.63, 3.8) is 0 Å². The van der Waals surface area contributed by atoms with Crippen LogP contribution in [-0.2, 0) is 16.1 Å². The number of carboxylic acids is 1. The molecule has 1 aromatic heterocycles. The van der Waals surface area contributed by atoms with Crippen LogP contribution in [0.3, 0.4) is 0 Å². The maximum atomic E-state index is 12.4. The minimum atomic E-state index is -0.739. The maximum Gasteiger partial charge on any atom is 0.303 e. The fourth-order valence-corrected chi connectivity index (χ4v) is 3.65. The number of carboxylic acid groups (broad SMARTS) is 1. The summed E-state index contributed by atoms with van der Waals surface area (Å²) in [6.45, 7) is 0.219. The van der Waals surface area contributed by atoms with Gasteiger partial charge in [-0.1, -0.05) is 5.21 Å². The fourth-order valence-electron chi connectivity index (χ4n) is 3.65. The van der Waals surface area contributed by atoms with Crippen molar-refractivity contribution in [1.29, 1.82) is 0 Å². The predicted octanol–water partition coefficient (Wildman–Crippen LogP) is 0.522. The second-order valence-corrected chi connectivity index (χ2v) is 5.72. The molecule has 7 nitrogen and oxygen atoms in total. The zero-order chi connectivity index (χ0) is 14.1. The highest BCUT2D eigenvalue weighted by Gasteiger charge is 2.43. The van der Waals surface area contributed by atoms with E-state index in [4.69, 9.17) is 5.11 Å². The van der Waals surface area contributed by atoms with Crippen molar-refractivity contribution in [2.24, 2.45) is 5.92 Å². The van der Waals surface area contributed by atoms with Gasteiger partial charge >= 0.3 is 5.97 Å². The summed E-state index contributed by atoms with van der Waals surface area (Å²) >= 11 is 0. The number of carbonyl (C=O) groups excluding carboxylic acids is 1. The maximum absolute atomic E-state index is 12.4. The van der Waals surface area contributed by atoms with Crippen LogP contribution < -0.4 is 0 Å². The zero-order valence-corrected chi connectivity index (χ0v) is 11.2. The van der Waals surface area contributed by atoms with Crippen LogP contribution in [0.5, 0.6) is 0 Å². The van der Waals surface area contributed by atoms with E-state index in [-0.39, 0.29) is 36.9 Å². The van der Waals surface area contributed by atoms with Gasteiger partial charge in [-0.2, -0.15) is 0 Å². The molecule has 1 N–H and O–H groups in total. The first kappa shape index (κ1) is 13.1. The van der Waals surface area contributed by atoms with Crippen LogP contribution in [-0.4, -0.2) is 49.0 Å². The zero-order valence-electron chi connectivity index (χ0n) is 11.2. The van der Waals surface area contributed by atoms with E-state index in [2.05, 4.69) is 10.3 Å². The average Bonchev–Trinajstić information content (AvgIpc) is 2.95. The molecule has 0 aromatic carbocycles. The van der Waals surface area contributed by atoms with Gasteiger partial charge < -0.3 is 10.0 Å². The number of aliphatic carboxylic acids is 1. The van der Waals surface area contributed by atoms with Crippen molar-refractivity contribution in [2.45, 2.75) is 50.7 Å². The fraction of sp³-hybridized carbons (Fsp3) is 0.692. The number of aromatic nitrogens is 3. The topological polar surface area (TPSA) is 88.3 Å². The number of hydrogen-bond donors (Lipinski definition) is 1. The molecule has 0 aliphatic carbocycles. The Balaban J connectivity index is 1.64. The Hall–Kier alpha value is -1.92. The highest BCUT2D eigenvalue weighted by atomic mass is 16.4. The Kier molecular flexibility index (Phi) is 3.42. The molecule has 2 saturated heterocycles. The van der Waals surface area contributed by atoms with Gasteiger partial charge in [0.25, 0.3) is 0 Å². The van der Waals surface area contributed by atoms with Crippen molar-refractivity contribution >= 4 is 11.9 Å². The van der Waals surface area contributed by atoms with Crippen LogP contribution in [0.2, 0.25) is 0 Å². The summed E-state index contributed by atoms with van der Waals surface area (Å²) in [6, 6.07) is 0.406. The summed E-state index contributed by atoms with van der Waals surface area (Å²) in [4.78, 5) is 25.2. The van der Waals surface area contributed by atoms with E-state index in [0.29, 0.717) is 0 Å². The van der Waals surface area contributed by atoms with Crippen molar-refractivity contribution in [3.8, 4) is 0 Å². The number of carbonyl (C=O) groups is 2. The summed E-state index contributed by atoms with van der Waals surface area (Å²) in [6.07, 6.45) is 7.06. The van der Waals surface area contributed by atoms with Crippen LogP contribution in [0.4, 0.5) is 0 Å². The van der Waals surface area contributed by atoms with E-state index in [9.17, 15) is 9.59 Å². The Morgan fingerprint density at radius 2 is 1.95 bits per heavy atom. The molecule has 3 heterocycles. The monoisotopic (exact) mass is 278 g/mol. The van der Waals surface area contributed by atoms with Crippen LogP contribution in [0.15, 0.2) is 12.4 Å². The molecule has 2 bridgehead atoms. The van der Waals surface area contributed by atoms with Crippen LogP contribution in [0, 0.1) is 5.92 Å². The Labute approximate surface area is 116 Å². The molecule has 2 atom stereocenters. The third kappa shape index (κ3) is 2.52. The van der Waals surface area contributed by atoms with Gasteiger partial charge in [0.05, 0.1) is 6.20 Å². The largest absolute Gasteiger partial charge is 0.481 e. The molecule has 2 aliphatic heterocycles. The molecule has 108 valence electrons. The second-order valence-electron chi connectivity index (χ2n) is 5.72. The number of fused-ring (bicyclic) bond motifs is 2. The summed E-state index contributed by atoms with van der Waals surface area (Å²) in [5.74, 6) is -0.464. The number of amides is 1. The Bertz CT molecular complexity index is 488. The number of hydrogen-bond acceptors (Lipinski definition) is 4. The second kappa shape index (κ2) is 5.22. The van der Waals surface area contributed by atoms with Gasteiger partial charge in [-0.3, -0.25) is 9.59 Å². The third-order valence-corrected chi connectivity index (χ3v) is 4.35. The number of rotatable bonds is 4. The Morgan fingerprint density at radius 3 is 2.50 bits per heavy atom. The highest BCUT2D eigenvalue weighted by molar-refractivity contribution is 5.77. The van der Waals surface area contributed by atoms with E-state index in [0.717, 1.165) is 25.7 Å². The smallest absolute Gasteiger partial charge is 0.303 e. The van der Waals surface area contributed by atoms with E-state index < -0.39 is 5.97 Å². The molecule has 0 saturated carbocycles. The summed E-state index contributed by atoms with van der Waals surface area (Å²) in [5, 5.41) is 16.4. The van der Waals surface area contributed by atoms with Gasteiger partial charge in [-0.15, -0.1) is 5.10 Å². The molecule has 2 unspecified atom stereocenters. The van der Waals surface area contributed by atoms with Crippen molar-refractivity contribution in [2.75, 3.05) is 0 Å². The molecule has 0 radical (unpaired) electrons. The van der Waals surface area contributed by atoms with Gasteiger partial charge in [-0.05, 0) is 31.6 Å². The third-order valence-electron chi connectivity index (χ3n) is 4.35. The van der Waals surface area contributed by atoms with E-state index >= 15 is 0 Å². The van der Waals surface area contributed by atoms with Gasteiger partial charge in [0.1, 0.15) is 6.54 Å². The lowest BCUT2D eigenvalue weighted by atomic mass is 9.88. The number of nitrogens with zero attached hydrogens (tertiary/aromatic N) is 4. The lowest BCUT2D eigenvalue weighted by Gasteiger charge is -2.38. The standard InChI is InChI=1S/C13H18N4O3/c18-12(8-16-4-3-14-15-16)17-10-1-2-11(17)6-9(5-10)7-13(19)20/h3-4,9-11H,1-2,5-8H2,(H,19,20). The lowest BCUT2D eigenvalue weighted by Crippen LogP contribution is -2.48. The molecule has 1 aromatic rings. The summed E-state index contributed by atoms with van der Waals surface area (Å²) in [5.41, 5.74) is 0. The van der Waals surface area contributed by atoms with Crippen LogP contribution in [0.1, 0.15) is 32.1 Å². The van der Waals surface area contributed by atoms with Crippen molar-refractivity contribution < 1.29 is 14.7 Å². The first-order valence-electron chi connectivity index (χ1n) is 7.00. The Morgan fingerprint density at radius 1 is 1.25 bits per heavy atom. The van der Waals surface area contributed by atoms with Crippen LogP contribution in [0.25, 0.3) is 0 Å². The highest BCUT2D eigenvalue weighted by Crippen LogP contribution is 2.39. The first-order valence-corrected chi connectivity index (χ1v) is 7.00. The lowest BCUT2D eigenvalue weighted by molar-refractivity contribution is -0.140. The van der Waals surface area contributed by atoms with E-state index in [1.165, 1.54) is 4.68 Å². The molecular formula is C13H18N4O3. The molecule has 7 heteroatoms. The molecule has 0 spiro atoms. The van der Waals surface area contributed by atoms with Gasteiger partial charge in [0.2, 0.25) is 5.91 Å². The normalized spacial score (nSPS) is 28.6. The molecular weight excluding hydrogens is 260 g/mol. The molecule has 20 heavy (non-hydrogen) atoms. The average molecular weight is 278 g/mol. The van der Waals surface area contributed by atoms with Gasteiger partial charge in [0, 0.05) is 24.7 Å². The molecule has 1 amide bonds. The van der Waals surface area contributed by atoms with E-state index in [1.54, 1.807) is 12.4 Å². The van der Waals surface area contributed by atoms with E-state index in [1.807, 2.05) is 4.90 Å². The minimum absolute atomic E-state index is 0.0665. The predicted molar refractivity (Wildman–Crippen MR) is 68.7 cm³/mol. The van der Waals surface area contributed by atoms with Gasteiger partial charge in [0.15, 0.2) is 0 Å².